The highest BCUT2D eigenvalue weighted by atomic mass is 31.0. The first-order valence-electron chi connectivity index (χ1n) is 17.3. The van der Waals surface area contributed by atoms with Crippen LogP contribution in [0.3, 0.4) is 0 Å². The average Bonchev–Trinajstić information content (AvgIpc) is 3.83. The Bertz CT molecular complexity index is 2280. The molecule has 3 aromatic heterocycles. The fourth-order valence-electron chi connectivity index (χ4n) is 6.07. The number of hydrogen-bond donors (Lipinski definition) is 1. The van der Waals surface area contributed by atoms with E-state index in [9.17, 15) is 14.4 Å². The Balaban J connectivity index is 0.000000178. The molecular weight excluding hydrogens is 698 g/mol. The zero-order valence-electron chi connectivity index (χ0n) is 32.8. The summed E-state index contributed by atoms with van der Waals surface area (Å²) < 4.78 is 3.29. The molecule has 1 N–H and O–H groups in total. The van der Waals surface area contributed by atoms with E-state index in [1.54, 1.807) is 48.3 Å². The molecule has 0 saturated heterocycles. The summed E-state index contributed by atoms with van der Waals surface area (Å²) in [5.74, 6) is 0.105. The summed E-state index contributed by atoms with van der Waals surface area (Å²) in [4.78, 5) is 34.7. The van der Waals surface area contributed by atoms with Crippen LogP contribution in [0.2, 0.25) is 0 Å². The molecule has 2 atom stereocenters. The van der Waals surface area contributed by atoms with Gasteiger partial charge in [0.25, 0.3) is 0 Å². The molecule has 0 fully saturated rings. The molecule has 0 amide bonds. The van der Waals surface area contributed by atoms with Crippen LogP contribution in [0.15, 0.2) is 55.0 Å². The molecule has 0 radical (unpaired) electrons. The first kappa shape index (κ1) is 40.9. The van der Waals surface area contributed by atoms with Crippen LogP contribution in [0.5, 0.6) is 0 Å². The van der Waals surface area contributed by atoms with E-state index >= 15 is 0 Å². The predicted molar refractivity (Wildman–Crippen MR) is 222 cm³/mol. The highest BCUT2D eigenvalue weighted by Gasteiger charge is 2.17. The van der Waals surface area contributed by atoms with Crippen LogP contribution in [-0.4, -0.2) is 46.6 Å². The van der Waals surface area contributed by atoms with Gasteiger partial charge < -0.3 is 0 Å². The van der Waals surface area contributed by atoms with Crippen molar-refractivity contribution in [2.75, 3.05) is 0 Å². The molecule has 0 bridgehead atoms. The highest BCUT2D eigenvalue weighted by Crippen LogP contribution is 2.30. The fourth-order valence-corrected chi connectivity index (χ4v) is 6.69. The minimum Gasteiger partial charge on any atom is -0.294 e. The van der Waals surface area contributed by atoms with Crippen LogP contribution < -0.4 is 0 Å². The maximum Gasteiger partial charge on any atom is 0.163 e. The lowest BCUT2D eigenvalue weighted by Crippen LogP contribution is -1.97. The van der Waals surface area contributed by atoms with Gasteiger partial charge in [-0.1, -0.05) is 0 Å². The second-order valence-electron chi connectivity index (χ2n) is 13.8. The summed E-state index contributed by atoms with van der Waals surface area (Å²) in [5, 5.41) is 15.4. The zero-order chi connectivity index (χ0) is 39.5. The second-order valence-corrected chi connectivity index (χ2v) is 14.8. The van der Waals surface area contributed by atoms with Gasteiger partial charge in [0, 0.05) is 22.9 Å². The van der Waals surface area contributed by atoms with Crippen molar-refractivity contribution in [3.8, 4) is 33.8 Å². The Morgan fingerprint density at radius 2 is 0.981 bits per heavy atom. The van der Waals surface area contributed by atoms with Crippen molar-refractivity contribution in [3.63, 3.8) is 0 Å². The molecule has 11 heteroatoms. The lowest BCUT2D eigenvalue weighted by atomic mass is 9.97. The smallest absolute Gasteiger partial charge is 0.163 e. The van der Waals surface area contributed by atoms with E-state index in [0.29, 0.717) is 16.7 Å². The second kappa shape index (κ2) is 16.9. The van der Waals surface area contributed by atoms with E-state index in [2.05, 4.69) is 138 Å². The molecule has 6 rings (SSSR count). The predicted octanol–water partition coefficient (Wildman–Crippen LogP) is 9.84. The third kappa shape index (κ3) is 9.22. The number of carbonyl (C=O) groups is 3. The van der Waals surface area contributed by atoms with E-state index in [1.165, 1.54) is 50.1 Å². The summed E-state index contributed by atoms with van der Waals surface area (Å²) in [5.41, 5.74) is 18.7. The number of aryl methyl sites for hydroxylation is 6. The number of ketones is 3. The van der Waals surface area contributed by atoms with Crippen molar-refractivity contribution in [2.24, 2.45) is 0 Å². The highest BCUT2D eigenvalue weighted by molar-refractivity contribution is 7.14. The van der Waals surface area contributed by atoms with Crippen molar-refractivity contribution in [2.45, 2.75) is 83.1 Å². The Labute approximate surface area is 317 Å². The monoisotopic (exact) mass is 748 g/mol. The quantitative estimate of drug-likeness (QED) is 0.134. The molecule has 0 saturated carbocycles. The first-order valence-corrected chi connectivity index (χ1v) is 18.3. The molecule has 9 nitrogen and oxygen atoms in total. The Morgan fingerprint density at radius 3 is 1.42 bits per heavy atom. The van der Waals surface area contributed by atoms with Crippen molar-refractivity contribution in [1.82, 2.24) is 29.3 Å². The normalized spacial score (nSPS) is 10.7. The van der Waals surface area contributed by atoms with Crippen LogP contribution in [0.1, 0.15) is 102 Å². The Hall–Kier alpha value is -4.84. The van der Waals surface area contributed by atoms with Crippen molar-refractivity contribution in [3.05, 3.63) is 122 Å². The van der Waals surface area contributed by atoms with Gasteiger partial charge in [0.2, 0.25) is 0 Å². The van der Waals surface area contributed by atoms with Crippen LogP contribution in [-0.2, 0) is 0 Å². The van der Waals surface area contributed by atoms with Crippen molar-refractivity contribution in [1.29, 1.82) is 0 Å². The molecule has 6 aromatic rings. The lowest BCUT2D eigenvalue weighted by Gasteiger charge is -2.10. The number of nitrogens with one attached hydrogen (secondary N) is 1. The van der Waals surface area contributed by atoms with Gasteiger partial charge in [-0.15, -0.1) is 0 Å². The van der Waals surface area contributed by atoms with Crippen LogP contribution in [0.25, 0.3) is 33.8 Å². The van der Waals surface area contributed by atoms with Crippen molar-refractivity contribution >= 4 is 36.1 Å². The topological polar surface area (TPSA) is 116 Å². The van der Waals surface area contributed by atoms with E-state index in [4.69, 9.17) is 0 Å². The summed E-state index contributed by atoms with van der Waals surface area (Å²) in [7, 11) is 4.99. The van der Waals surface area contributed by atoms with Crippen LogP contribution in [0, 0.1) is 62.3 Å². The van der Waals surface area contributed by atoms with Gasteiger partial charge in [-0.25, -0.2) is 4.45 Å². The number of Topliss-reactive ketones (excluding diaryl/α,β-unsaturated/α-hetero) is 3. The van der Waals surface area contributed by atoms with Gasteiger partial charge >= 0.3 is 0 Å². The number of hydrogen-bond acceptors (Lipinski definition) is 6. The van der Waals surface area contributed by atoms with Gasteiger partial charge in [0.05, 0.1) is 40.5 Å². The first-order chi connectivity index (χ1) is 24.8. The largest absolute Gasteiger partial charge is 0.294 e. The van der Waals surface area contributed by atoms with E-state index in [1.807, 2.05) is 0 Å². The summed E-state index contributed by atoms with van der Waals surface area (Å²) in [6.45, 7) is 23.5. The summed E-state index contributed by atoms with van der Waals surface area (Å²) in [6, 6.07) is 12.5. The minimum atomic E-state index is 0.0321. The molecule has 276 valence electrons. The maximum atomic E-state index is 11.6. The van der Waals surface area contributed by atoms with E-state index in [0.717, 1.165) is 33.8 Å². The van der Waals surface area contributed by atoms with Gasteiger partial charge in [-0.05, 0) is 188 Å². The maximum absolute atomic E-state index is 11.6. The SMILES string of the molecule is CC(=O)c1cn(P)nc1-c1cc(C)c(C)c(C)c1.CC(=O)c1cn[nH]c1-c1cc(C)c(C)c(C)c1.CC(=O)c1cnn(P)c1-c1cc(C)c(C)c(C)c1. The number of aromatic amines is 1. The Kier molecular flexibility index (Phi) is 13.0. The number of nitrogens with zero attached hydrogens (tertiary/aromatic N) is 5. The van der Waals surface area contributed by atoms with Gasteiger partial charge in [0.15, 0.2) is 17.3 Å². The van der Waals surface area contributed by atoms with Gasteiger partial charge in [-0.3, -0.25) is 23.9 Å². The van der Waals surface area contributed by atoms with E-state index < -0.39 is 0 Å². The number of H-pyrrole nitrogens is 1. The van der Waals surface area contributed by atoms with Gasteiger partial charge in [-0.2, -0.15) is 15.3 Å². The number of benzene rings is 3. The summed E-state index contributed by atoms with van der Waals surface area (Å²) >= 11 is 0. The fraction of sp³-hybridized carbons (Fsp3) is 0.286. The number of rotatable bonds is 6. The summed E-state index contributed by atoms with van der Waals surface area (Å²) in [6.07, 6.45) is 4.95. The molecule has 3 aromatic carbocycles. The van der Waals surface area contributed by atoms with Crippen LogP contribution >= 0.6 is 18.8 Å². The molecule has 0 aliphatic rings. The van der Waals surface area contributed by atoms with Crippen LogP contribution in [0.4, 0.5) is 0 Å². The zero-order valence-corrected chi connectivity index (χ0v) is 35.1. The molecular formula is C42H50N6O3P2. The van der Waals surface area contributed by atoms with Gasteiger partial charge in [0.1, 0.15) is 5.69 Å². The lowest BCUT2D eigenvalue weighted by molar-refractivity contribution is 0.101. The standard InChI is InChI=1S/2C14H17N2OP.C14H16N2O/c1-8-5-12(6-9(2)10(8)3)14-13(11(4)17)7-16(18)15-14;1-8-5-12(6-9(2)10(8)3)14-13(11(4)17)7-15-16(14)18;1-8-5-12(6-9(2)10(8)3)14-13(11(4)17)7-15-16-14/h2*5-7H,18H2,1-4H3;5-7H,1-4H3,(H,15,16). The molecule has 2 unspecified atom stereocenters. The molecule has 0 aliphatic carbocycles. The van der Waals surface area contributed by atoms with E-state index in [-0.39, 0.29) is 17.3 Å². The third-order valence-corrected chi connectivity index (χ3v) is 10.6. The Morgan fingerprint density at radius 1 is 0.566 bits per heavy atom. The number of aromatic nitrogens is 6. The molecule has 3 heterocycles. The number of carbonyl (C=O) groups excluding carboxylic acids is 3. The molecule has 0 spiro atoms. The molecule has 53 heavy (non-hydrogen) atoms. The minimum absolute atomic E-state index is 0.0321. The average molecular weight is 749 g/mol. The van der Waals surface area contributed by atoms with Crippen molar-refractivity contribution < 1.29 is 14.4 Å². The third-order valence-electron chi connectivity index (χ3n) is 9.92. The molecule has 0 aliphatic heterocycles.